The van der Waals surface area contributed by atoms with Crippen molar-refractivity contribution in [1.29, 1.82) is 0 Å². The van der Waals surface area contributed by atoms with Gasteiger partial charge in [0, 0.05) is 24.8 Å². The number of aromatic nitrogens is 2. The smallest absolute Gasteiger partial charge is 0.251 e. The first-order valence-electron chi connectivity index (χ1n) is 8.89. The molecule has 2 heterocycles. The lowest BCUT2D eigenvalue weighted by Gasteiger charge is -2.29. The van der Waals surface area contributed by atoms with Crippen LogP contribution in [0.1, 0.15) is 42.1 Å². The van der Waals surface area contributed by atoms with Crippen molar-refractivity contribution in [3.05, 3.63) is 52.8 Å². The fourth-order valence-corrected chi connectivity index (χ4v) is 3.26. The van der Waals surface area contributed by atoms with Crippen LogP contribution >= 0.6 is 11.6 Å². The zero-order chi connectivity index (χ0) is 18.5. The second-order valence-corrected chi connectivity index (χ2v) is 7.07. The molecule has 1 atom stereocenters. The molecule has 2 amide bonds. The third-order valence-corrected chi connectivity index (χ3v) is 4.74. The molecule has 6 nitrogen and oxygen atoms in total. The molecule has 0 unspecified atom stereocenters. The van der Waals surface area contributed by atoms with Gasteiger partial charge in [0.05, 0.1) is 17.8 Å². The Balaban J connectivity index is 1.56. The van der Waals surface area contributed by atoms with Crippen molar-refractivity contribution >= 4 is 23.4 Å². The fourth-order valence-electron chi connectivity index (χ4n) is 3.10. The zero-order valence-electron chi connectivity index (χ0n) is 14.8. The second-order valence-electron chi connectivity index (χ2n) is 6.63. The van der Waals surface area contributed by atoms with Gasteiger partial charge >= 0.3 is 0 Å². The average Bonchev–Trinajstić information content (AvgIpc) is 3.07. The normalized spacial score (nSPS) is 15.5. The Morgan fingerprint density at radius 2 is 1.88 bits per heavy atom. The molecule has 138 valence electrons. The van der Waals surface area contributed by atoms with Crippen LogP contribution in [-0.4, -0.2) is 45.6 Å². The lowest BCUT2D eigenvalue weighted by molar-refractivity contribution is -0.133. The van der Waals surface area contributed by atoms with Gasteiger partial charge < -0.3 is 10.2 Å². The highest BCUT2D eigenvalue weighted by Gasteiger charge is 2.23. The predicted molar refractivity (Wildman–Crippen MR) is 100 cm³/mol. The first-order valence-corrected chi connectivity index (χ1v) is 9.27. The van der Waals surface area contributed by atoms with E-state index < -0.39 is 6.04 Å². The largest absolute Gasteiger partial charge is 0.341 e. The molecule has 1 aliphatic rings. The highest BCUT2D eigenvalue weighted by Crippen LogP contribution is 2.12. The monoisotopic (exact) mass is 374 g/mol. The number of hydrogen-bond donors (Lipinski definition) is 1. The van der Waals surface area contributed by atoms with Crippen LogP contribution in [0.4, 0.5) is 0 Å². The van der Waals surface area contributed by atoms with Crippen LogP contribution in [-0.2, 0) is 11.3 Å². The number of piperidine rings is 1. The molecule has 1 aromatic carbocycles. The molecule has 1 aliphatic heterocycles. The van der Waals surface area contributed by atoms with Gasteiger partial charge in [0.25, 0.3) is 5.91 Å². The van der Waals surface area contributed by atoms with Crippen LogP contribution < -0.4 is 5.32 Å². The number of rotatable bonds is 5. The van der Waals surface area contributed by atoms with Gasteiger partial charge in [0.1, 0.15) is 6.04 Å². The quantitative estimate of drug-likeness (QED) is 0.875. The molecule has 1 aromatic heterocycles. The molecule has 26 heavy (non-hydrogen) atoms. The van der Waals surface area contributed by atoms with Gasteiger partial charge in [-0.2, -0.15) is 5.10 Å². The van der Waals surface area contributed by atoms with E-state index in [1.807, 2.05) is 17.0 Å². The maximum Gasteiger partial charge on any atom is 0.251 e. The number of halogens is 1. The molecule has 0 bridgehead atoms. The van der Waals surface area contributed by atoms with Crippen LogP contribution in [0.25, 0.3) is 0 Å². The molecule has 0 aliphatic carbocycles. The summed E-state index contributed by atoms with van der Waals surface area (Å²) in [6, 6.07) is 6.75. The van der Waals surface area contributed by atoms with Crippen molar-refractivity contribution < 1.29 is 9.59 Å². The second kappa shape index (κ2) is 8.36. The molecule has 1 saturated heterocycles. The Bertz CT molecular complexity index is 766. The summed E-state index contributed by atoms with van der Waals surface area (Å²) in [5, 5.41) is 7.53. The number of nitrogens with zero attached hydrogens (tertiary/aromatic N) is 3. The first-order chi connectivity index (χ1) is 12.5. The van der Waals surface area contributed by atoms with Crippen LogP contribution in [0.5, 0.6) is 0 Å². The number of likely N-dealkylation sites (tertiary alicyclic amines) is 1. The lowest BCUT2D eigenvalue weighted by Crippen LogP contribution is -2.48. The van der Waals surface area contributed by atoms with E-state index in [2.05, 4.69) is 10.4 Å². The Morgan fingerprint density at radius 1 is 1.19 bits per heavy atom. The van der Waals surface area contributed by atoms with Gasteiger partial charge in [-0.15, -0.1) is 0 Å². The van der Waals surface area contributed by atoms with Crippen LogP contribution in [0.15, 0.2) is 36.7 Å². The predicted octanol–water partition coefficient (Wildman–Crippen LogP) is 2.72. The summed E-state index contributed by atoms with van der Waals surface area (Å²) in [6.45, 7) is 3.89. The van der Waals surface area contributed by atoms with E-state index in [-0.39, 0.29) is 11.8 Å². The Kier molecular flexibility index (Phi) is 5.93. The minimum absolute atomic E-state index is 0.00905. The first kappa shape index (κ1) is 18.5. The minimum Gasteiger partial charge on any atom is -0.341 e. The molecule has 1 N–H and O–H groups in total. The maximum atomic E-state index is 12.4. The van der Waals surface area contributed by atoms with E-state index in [0.29, 0.717) is 17.1 Å². The van der Waals surface area contributed by atoms with Gasteiger partial charge in [-0.05, 0) is 43.9 Å². The summed E-state index contributed by atoms with van der Waals surface area (Å²) in [5.74, 6) is -0.248. The van der Waals surface area contributed by atoms with E-state index in [1.165, 1.54) is 6.42 Å². The van der Waals surface area contributed by atoms with Crippen LogP contribution in [0.2, 0.25) is 5.02 Å². The fraction of sp³-hybridized carbons (Fsp3) is 0.421. The van der Waals surface area contributed by atoms with Crippen molar-refractivity contribution in [3.63, 3.8) is 0 Å². The molecule has 0 spiro atoms. The van der Waals surface area contributed by atoms with E-state index in [4.69, 9.17) is 11.6 Å². The van der Waals surface area contributed by atoms with Crippen molar-refractivity contribution in [2.24, 2.45) is 0 Å². The molecular formula is C19H23ClN4O2. The number of amides is 2. The van der Waals surface area contributed by atoms with E-state index in [1.54, 1.807) is 36.1 Å². The lowest BCUT2D eigenvalue weighted by atomic mass is 10.1. The van der Waals surface area contributed by atoms with E-state index in [0.717, 1.165) is 31.5 Å². The molecule has 1 fully saturated rings. The van der Waals surface area contributed by atoms with E-state index >= 15 is 0 Å². The summed E-state index contributed by atoms with van der Waals surface area (Å²) >= 11 is 5.86. The van der Waals surface area contributed by atoms with Crippen molar-refractivity contribution in [1.82, 2.24) is 20.0 Å². The molecule has 0 saturated carbocycles. The number of carbonyl (C=O) groups is 2. The SMILES string of the molecule is C[C@@H](NC(=O)c1ccc(Cn2cc(Cl)cn2)cc1)C(=O)N1CCCCC1. The van der Waals surface area contributed by atoms with Crippen molar-refractivity contribution in [2.45, 2.75) is 38.8 Å². The van der Waals surface area contributed by atoms with Gasteiger partial charge in [-0.1, -0.05) is 23.7 Å². The third kappa shape index (κ3) is 4.64. The van der Waals surface area contributed by atoms with Crippen molar-refractivity contribution in [3.8, 4) is 0 Å². The number of benzene rings is 1. The maximum absolute atomic E-state index is 12.4. The summed E-state index contributed by atoms with van der Waals surface area (Å²) in [4.78, 5) is 26.7. The van der Waals surface area contributed by atoms with Gasteiger partial charge in [-0.25, -0.2) is 0 Å². The van der Waals surface area contributed by atoms with E-state index in [9.17, 15) is 9.59 Å². The number of carbonyl (C=O) groups excluding carboxylic acids is 2. The van der Waals surface area contributed by atoms with Crippen molar-refractivity contribution in [2.75, 3.05) is 13.1 Å². The number of hydrogen-bond acceptors (Lipinski definition) is 3. The van der Waals surface area contributed by atoms with Gasteiger partial charge in [-0.3, -0.25) is 14.3 Å². The Hall–Kier alpha value is -2.34. The third-order valence-electron chi connectivity index (χ3n) is 4.55. The van der Waals surface area contributed by atoms with Crippen LogP contribution in [0.3, 0.4) is 0 Å². The molecule has 3 rings (SSSR count). The Labute approximate surface area is 158 Å². The highest BCUT2D eigenvalue weighted by atomic mass is 35.5. The molecule has 7 heteroatoms. The summed E-state index contributed by atoms with van der Waals surface area (Å²) in [6.07, 6.45) is 6.58. The average molecular weight is 375 g/mol. The molecular weight excluding hydrogens is 352 g/mol. The van der Waals surface area contributed by atoms with Crippen LogP contribution in [0, 0.1) is 0 Å². The summed E-state index contributed by atoms with van der Waals surface area (Å²) in [5.41, 5.74) is 1.55. The molecule has 0 radical (unpaired) electrons. The summed E-state index contributed by atoms with van der Waals surface area (Å²) in [7, 11) is 0. The standard InChI is InChI=1S/C19H23ClN4O2/c1-14(19(26)23-9-3-2-4-10-23)22-18(25)16-7-5-15(6-8-16)12-24-13-17(20)11-21-24/h5-8,11,13-14H,2-4,9-10,12H2,1H3,(H,22,25)/t14-/m1/s1. The number of nitrogens with one attached hydrogen (secondary N) is 1. The minimum atomic E-state index is -0.522. The van der Waals surface area contributed by atoms with Gasteiger partial charge in [0.15, 0.2) is 0 Å². The Morgan fingerprint density at radius 3 is 2.50 bits per heavy atom. The zero-order valence-corrected chi connectivity index (χ0v) is 15.6. The topological polar surface area (TPSA) is 67.2 Å². The highest BCUT2D eigenvalue weighted by molar-refractivity contribution is 6.30. The summed E-state index contributed by atoms with van der Waals surface area (Å²) < 4.78 is 1.73. The van der Waals surface area contributed by atoms with Gasteiger partial charge in [0.2, 0.25) is 5.91 Å². The molecule has 2 aromatic rings.